The molecule has 0 saturated heterocycles. The Balaban J connectivity index is 2.02. The molecule has 1 aliphatic rings. The highest BCUT2D eigenvalue weighted by Crippen LogP contribution is 2.40. The fourth-order valence-electron chi connectivity index (χ4n) is 3.43. The predicted molar refractivity (Wildman–Crippen MR) is 107 cm³/mol. The van der Waals surface area contributed by atoms with Crippen molar-refractivity contribution in [3.63, 3.8) is 0 Å². The van der Waals surface area contributed by atoms with Crippen LogP contribution in [0.4, 0.5) is 0 Å². The maximum Gasteiger partial charge on any atom is 0.290 e. The van der Waals surface area contributed by atoms with E-state index in [0.29, 0.717) is 11.4 Å². The number of aliphatic hydroxyl groups is 1. The lowest BCUT2D eigenvalue weighted by Crippen LogP contribution is -2.33. The Labute approximate surface area is 163 Å². The smallest absolute Gasteiger partial charge is 0.290 e. The maximum absolute atomic E-state index is 13.1. The topological polar surface area (TPSA) is 60.9 Å². The molecule has 0 bridgehead atoms. The number of ketones is 1. The van der Waals surface area contributed by atoms with Crippen molar-refractivity contribution in [2.75, 3.05) is 27.2 Å². The van der Waals surface area contributed by atoms with Crippen molar-refractivity contribution in [1.29, 1.82) is 0 Å². The van der Waals surface area contributed by atoms with E-state index >= 15 is 0 Å². The molecule has 1 atom stereocenters. The third-order valence-electron chi connectivity index (χ3n) is 4.78. The molecule has 5 nitrogen and oxygen atoms in total. The fourth-order valence-corrected chi connectivity index (χ4v) is 4.11. The quantitative estimate of drug-likeness (QED) is 0.741. The Bertz CT molecular complexity index is 871. The summed E-state index contributed by atoms with van der Waals surface area (Å²) in [4.78, 5) is 30.1. The zero-order valence-electron chi connectivity index (χ0n) is 15.8. The number of thiophene rings is 1. The molecule has 0 fully saturated rings. The first kappa shape index (κ1) is 19.3. The minimum absolute atomic E-state index is 0.182. The van der Waals surface area contributed by atoms with Crippen LogP contribution < -0.4 is 0 Å². The summed E-state index contributed by atoms with van der Waals surface area (Å²) < 4.78 is 0. The van der Waals surface area contributed by atoms with Crippen LogP contribution in [-0.4, -0.2) is 53.8 Å². The molecule has 27 heavy (non-hydrogen) atoms. The number of carbonyl (C=O) groups excluding carboxylic acids is 2. The molecule has 0 saturated carbocycles. The van der Waals surface area contributed by atoms with E-state index in [1.165, 1.54) is 11.3 Å². The van der Waals surface area contributed by atoms with Crippen molar-refractivity contribution in [2.45, 2.75) is 19.4 Å². The normalized spacial score (nSPS) is 17.3. The zero-order chi connectivity index (χ0) is 19.6. The van der Waals surface area contributed by atoms with E-state index in [9.17, 15) is 14.7 Å². The lowest BCUT2D eigenvalue weighted by atomic mass is 9.92. The Kier molecular flexibility index (Phi) is 5.77. The molecule has 1 aromatic heterocycles. The van der Waals surface area contributed by atoms with Gasteiger partial charge in [-0.3, -0.25) is 9.59 Å². The number of aryl methyl sites for hydroxylation is 1. The van der Waals surface area contributed by atoms with E-state index in [0.717, 1.165) is 24.1 Å². The van der Waals surface area contributed by atoms with Crippen LogP contribution in [0.15, 0.2) is 53.1 Å². The van der Waals surface area contributed by atoms with Gasteiger partial charge >= 0.3 is 0 Å². The predicted octanol–water partition coefficient (Wildman–Crippen LogP) is 3.59. The van der Waals surface area contributed by atoms with Crippen molar-refractivity contribution in [3.05, 3.63) is 69.1 Å². The second-order valence-corrected chi connectivity index (χ2v) is 7.93. The lowest BCUT2D eigenvalue weighted by Gasteiger charge is -2.28. The molecule has 0 radical (unpaired) electrons. The first-order chi connectivity index (χ1) is 12.9. The highest BCUT2D eigenvalue weighted by atomic mass is 32.1. The van der Waals surface area contributed by atoms with Crippen LogP contribution in [-0.2, 0) is 4.79 Å². The number of aliphatic hydroxyl groups excluding tert-OH is 1. The Morgan fingerprint density at radius 3 is 2.59 bits per heavy atom. The van der Waals surface area contributed by atoms with Gasteiger partial charge in [0.25, 0.3) is 5.91 Å². The third-order valence-corrected chi connectivity index (χ3v) is 5.65. The number of hydrogen-bond acceptors (Lipinski definition) is 5. The first-order valence-corrected chi connectivity index (χ1v) is 9.82. The van der Waals surface area contributed by atoms with E-state index in [1.807, 2.05) is 55.6 Å². The van der Waals surface area contributed by atoms with E-state index < -0.39 is 17.7 Å². The third kappa shape index (κ3) is 3.82. The average Bonchev–Trinajstić information content (AvgIpc) is 3.24. The summed E-state index contributed by atoms with van der Waals surface area (Å²) in [6.07, 6.45) is 0.759. The molecule has 142 valence electrons. The number of hydrogen-bond donors (Lipinski definition) is 1. The summed E-state index contributed by atoms with van der Waals surface area (Å²) >= 11 is 1.31. The minimum atomic E-state index is -0.560. The highest BCUT2D eigenvalue weighted by Gasteiger charge is 2.44. The largest absolute Gasteiger partial charge is 0.503 e. The first-order valence-electron chi connectivity index (χ1n) is 8.94. The molecule has 1 amide bonds. The number of benzene rings is 1. The van der Waals surface area contributed by atoms with E-state index in [1.54, 1.807) is 17.0 Å². The van der Waals surface area contributed by atoms with Gasteiger partial charge in [0.15, 0.2) is 5.76 Å². The number of carbonyl (C=O) groups is 2. The monoisotopic (exact) mass is 384 g/mol. The van der Waals surface area contributed by atoms with E-state index in [2.05, 4.69) is 0 Å². The number of amides is 1. The van der Waals surface area contributed by atoms with Gasteiger partial charge in [0.05, 0.1) is 16.5 Å². The average molecular weight is 385 g/mol. The molecule has 2 heterocycles. The number of nitrogens with zero attached hydrogens (tertiary/aromatic N) is 2. The van der Waals surface area contributed by atoms with Crippen molar-refractivity contribution in [3.8, 4) is 0 Å². The SMILES string of the molecule is Cc1ccccc1C1C(C(=O)c2cccs2)=C(O)C(=O)N1CCCN(C)C. The fraction of sp³-hybridized carbons (Fsp3) is 0.333. The van der Waals surface area contributed by atoms with Gasteiger partial charge in [-0.2, -0.15) is 0 Å². The summed E-state index contributed by atoms with van der Waals surface area (Å²) in [5.74, 6) is -1.17. The van der Waals surface area contributed by atoms with Gasteiger partial charge in [0, 0.05) is 6.54 Å². The molecule has 1 N–H and O–H groups in total. The molecule has 0 aliphatic carbocycles. The van der Waals surface area contributed by atoms with Crippen molar-refractivity contribution in [1.82, 2.24) is 9.80 Å². The second kappa shape index (κ2) is 8.06. The lowest BCUT2D eigenvalue weighted by molar-refractivity contribution is -0.129. The molecule has 1 aromatic carbocycles. The molecule has 3 rings (SSSR count). The number of rotatable bonds is 7. The van der Waals surface area contributed by atoms with Crippen LogP contribution >= 0.6 is 11.3 Å². The molecular formula is C21H24N2O3S. The van der Waals surface area contributed by atoms with Crippen molar-refractivity contribution in [2.24, 2.45) is 0 Å². The molecule has 1 unspecified atom stereocenters. The molecular weight excluding hydrogens is 360 g/mol. The van der Waals surface area contributed by atoms with Gasteiger partial charge in [-0.05, 0) is 56.6 Å². The summed E-state index contributed by atoms with van der Waals surface area (Å²) in [5.41, 5.74) is 2.04. The van der Waals surface area contributed by atoms with E-state index in [4.69, 9.17) is 0 Å². The Hall–Kier alpha value is -2.44. The Morgan fingerprint density at radius 2 is 1.96 bits per heavy atom. The van der Waals surface area contributed by atoms with Crippen molar-refractivity contribution < 1.29 is 14.7 Å². The summed E-state index contributed by atoms with van der Waals surface area (Å²) in [5, 5.41) is 12.4. The van der Waals surface area contributed by atoms with Crippen LogP contribution in [0.3, 0.4) is 0 Å². The van der Waals surface area contributed by atoms with Gasteiger partial charge in [0.2, 0.25) is 5.78 Å². The minimum Gasteiger partial charge on any atom is -0.503 e. The second-order valence-electron chi connectivity index (χ2n) is 6.98. The number of Topliss-reactive ketones (excluding diaryl/α,β-unsaturated/α-hetero) is 1. The summed E-state index contributed by atoms with van der Waals surface area (Å²) in [6.45, 7) is 3.25. The molecule has 1 aliphatic heterocycles. The van der Waals surface area contributed by atoms with Gasteiger partial charge in [0.1, 0.15) is 0 Å². The van der Waals surface area contributed by atoms with E-state index in [-0.39, 0.29) is 11.4 Å². The standard InChI is InChI=1S/C21H24N2O3S/c1-14-8-4-5-9-15(14)18-17(19(24)16-10-6-13-27-16)20(25)21(26)23(18)12-7-11-22(2)3/h4-6,8-10,13,18,25H,7,11-12H2,1-3H3. The van der Waals surface area contributed by atoms with Crippen LogP contribution in [0.2, 0.25) is 0 Å². The van der Waals surface area contributed by atoms with Gasteiger partial charge in [-0.15, -0.1) is 11.3 Å². The van der Waals surface area contributed by atoms with Crippen LogP contribution in [0.5, 0.6) is 0 Å². The molecule has 0 spiro atoms. The summed E-state index contributed by atoms with van der Waals surface area (Å²) in [7, 11) is 3.96. The van der Waals surface area contributed by atoms with Gasteiger partial charge < -0.3 is 14.9 Å². The summed E-state index contributed by atoms with van der Waals surface area (Å²) in [6, 6.07) is 10.7. The van der Waals surface area contributed by atoms with Crippen molar-refractivity contribution >= 4 is 23.0 Å². The van der Waals surface area contributed by atoms with Crippen LogP contribution in [0, 0.1) is 6.92 Å². The molecule has 2 aromatic rings. The maximum atomic E-state index is 13.1. The van der Waals surface area contributed by atoms with Gasteiger partial charge in [-0.25, -0.2) is 0 Å². The van der Waals surface area contributed by atoms with Gasteiger partial charge in [-0.1, -0.05) is 30.3 Å². The Morgan fingerprint density at radius 1 is 1.22 bits per heavy atom. The highest BCUT2D eigenvalue weighted by molar-refractivity contribution is 7.12. The zero-order valence-corrected chi connectivity index (χ0v) is 16.6. The van der Waals surface area contributed by atoms with Crippen LogP contribution in [0.25, 0.3) is 0 Å². The molecule has 6 heteroatoms. The van der Waals surface area contributed by atoms with Crippen LogP contribution in [0.1, 0.15) is 33.3 Å².